The van der Waals surface area contributed by atoms with Gasteiger partial charge < -0.3 is 5.32 Å². The van der Waals surface area contributed by atoms with Gasteiger partial charge in [-0.2, -0.15) is 5.10 Å². The number of aromatic amines is 1. The van der Waals surface area contributed by atoms with Crippen molar-refractivity contribution in [2.75, 3.05) is 6.54 Å². The van der Waals surface area contributed by atoms with E-state index in [0.29, 0.717) is 6.54 Å². The lowest BCUT2D eigenvalue weighted by molar-refractivity contribution is 0.0947. The third kappa shape index (κ3) is 5.61. The molecule has 1 rings (SSSR count). The highest BCUT2D eigenvalue weighted by Crippen LogP contribution is 2.04. The zero-order valence-electron chi connectivity index (χ0n) is 10.9. The number of H-pyrrole nitrogens is 1. The topological polar surface area (TPSA) is 74.8 Å². The second-order valence-electron chi connectivity index (χ2n) is 4.33. The number of aromatic nitrogens is 2. The second-order valence-corrected chi connectivity index (χ2v) is 4.33. The maximum atomic E-state index is 11.6. The summed E-state index contributed by atoms with van der Waals surface area (Å²) in [6.07, 6.45) is 7.15. The van der Waals surface area contributed by atoms with Crippen LogP contribution in [0.25, 0.3) is 0 Å². The molecule has 0 atom stereocenters. The number of nitrogens with one attached hydrogen (secondary N) is 2. The minimum Gasteiger partial charge on any atom is -0.351 e. The van der Waals surface area contributed by atoms with E-state index in [4.69, 9.17) is 0 Å². The quantitative estimate of drug-likeness (QED) is 0.692. The van der Waals surface area contributed by atoms with Gasteiger partial charge in [0.25, 0.3) is 11.5 Å². The molecule has 0 aromatic carbocycles. The van der Waals surface area contributed by atoms with Crippen molar-refractivity contribution in [2.45, 2.75) is 45.4 Å². The van der Waals surface area contributed by atoms with Crippen LogP contribution in [0.4, 0.5) is 0 Å². The molecule has 0 radical (unpaired) electrons. The molecule has 0 unspecified atom stereocenters. The van der Waals surface area contributed by atoms with Crippen LogP contribution in [-0.4, -0.2) is 22.6 Å². The molecule has 0 aliphatic rings. The van der Waals surface area contributed by atoms with Crippen LogP contribution >= 0.6 is 0 Å². The summed E-state index contributed by atoms with van der Waals surface area (Å²) in [5.74, 6) is -0.236. The lowest BCUT2D eigenvalue weighted by atomic mass is 10.1. The predicted octanol–water partition coefficient (Wildman–Crippen LogP) is 1.86. The Kier molecular flexibility index (Phi) is 6.76. The summed E-state index contributed by atoms with van der Waals surface area (Å²) < 4.78 is 0. The number of hydrogen-bond acceptors (Lipinski definition) is 3. The van der Waals surface area contributed by atoms with Crippen LogP contribution in [0.1, 0.15) is 55.9 Å². The van der Waals surface area contributed by atoms with Crippen LogP contribution in [0.15, 0.2) is 16.9 Å². The number of rotatable bonds is 8. The fourth-order valence-electron chi connectivity index (χ4n) is 1.67. The fraction of sp³-hybridized carbons (Fsp3) is 0.615. The number of carbonyl (C=O) groups excluding carboxylic acids is 1. The van der Waals surface area contributed by atoms with E-state index in [1.165, 1.54) is 37.8 Å². The van der Waals surface area contributed by atoms with E-state index in [9.17, 15) is 9.59 Å². The van der Waals surface area contributed by atoms with E-state index in [1.807, 2.05) is 0 Å². The first-order chi connectivity index (χ1) is 8.74. The molecule has 1 aromatic rings. The third-order valence-corrected chi connectivity index (χ3v) is 2.73. The zero-order chi connectivity index (χ0) is 13.2. The molecular weight excluding hydrogens is 230 g/mol. The summed E-state index contributed by atoms with van der Waals surface area (Å²) in [6.45, 7) is 2.85. The zero-order valence-corrected chi connectivity index (χ0v) is 10.9. The Morgan fingerprint density at radius 2 is 1.94 bits per heavy atom. The maximum Gasteiger partial charge on any atom is 0.271 e. The van der Waals surface area contributed by atoms with Crippen molar-refractivity contribution in [3.63, 3.8) is 0 Å². The molecule has 0 aliphatic heterocycles. The van der Waals surface area contributed by atoms with Gasteiger partial charge in [0.2, 0.25) is 0 Å². The summed E-state index contributed by atoms with van der Waals surface area (Å²) >= 11 is 0. The number of nitrogens with zero attached hydrogens (tertiary/aromatic N) is 1. The third-order valence-electron chi connectivity index (χ3n) is 2.73. The average Bonchev–Trinajstić information content (AvgIpc) is 2.38. The van der Waals surface area contributed by atoms with Crippen molar-refractivity contribution in [2.24, 2.45) is 0 Å². The Morgan fingerprint density at radius 3 is 2.61 bits per heavy atom. The molecule has 5 nitrogen and oxygen atoms in total. The molecule has 0 fully saturated rings. The van der Waals surface area contributed by atoms with Crippen molar-refractivity contribution >= 4 is 5.91 Å². The minimum atomic E-state index is -0.303. The van der Waals surface area contributed by atoms with Crippen molar-refractivity contribution in [3.8, 4) is 0 Å². The summed E-state index contributed by atoms with van der Waals surface area (Å²) in [7, 11) is 0. The highest BCUT2D eigenvalue weighted by molar-refractivity contribution is 5.91. The van der Waals surface area contributed by atoms with Gasteiger partial charge in [0, 0.05) is 12.6 Å². The standard InChI is InChI=1S/C13H21N3O2/c1-2-3-4-5-6-7-10-14-13(18)11-8-9-12(17)16-15-11/h8-9H,2-7,10H2,1H3,(H,14,18)(H,16,17). The van der Waals surface area contributed by atoms with Crippen molar-refractivity contribution in [1.29, 1.82) is 0 Å². The first-order valence-electron chi connectivity index (χ1n) is 6.58. The van der Waals surface area contributed by atoms with Gasteiger partial charge in [0.05, 0.1) is 0 Å². The van der Waals surface area contributed by atoms with E-state index >= 15 is 0 Å². The van der Waals surface area contributed by atoms with Crippen LogP contribution < -0.4 is 10.9 Å². The van der Waals surface area contributed by atoms with Gasteiger partial charge in [0.15, 0.2) is 0 Å². The number of hydrogen-bond donors (Lipinski definition) is 2. The molecule has 0 aliphatic carbocycles. The van der Waals surface area contributed by atoms with E-state index < -0.39 is 0 Å². The maximum absolute atomic E-state index is 11.6. The van der Waals surface area contributed by atoms with E-state index in [1.54, 1.807) is 0 Å². The highest BCUT2D eigenvalue weighted by Gasteiger charge is 2.05. The Hall–Kier alpha value is -1.65. The van der Waals surface area contributed by atoms with Crippen LogP contribution in [0, 0.1) is 0 Å². The van der Waals surface area contributed by atoms with Gasteiger partial charge in [0.1, 0.15) is 5.69 Å². The average molecular weight is 251 g/mol. The first kappa shape index (κ1) is 14.4. The summed E-state index contributed by atoms with van der Waals surface area (Å²) in [4.78, 5) is 22.4. The normalized spacial score (nSPS) is 10.3. The Labute approximate surface area is 107 Å². The Balaban J connectivity index is 2.14. The van der Waals surface area contributed by atoms with Crippen LogP contribution in [0.5, 0.6) is 0 Å². The van der Waals surface area contributed by atoms with Crippen LogP contribution in [0.2, 0.25) is 0 Å². The highest BCUT2D eigenvalue weighted by atomic mass is 16.2. The second kappa shape index (κ2) is 8.44. The summed E-state index contributed by atoms with van der Waals surface area (Å²) in [5.41, 5.74) is -0.0527. The molecule has 0 saturated carbocycles. The summed E-state index contributed by atoms with van der Waals surface area (Å²) in [6, 6.07) is 2.72. The molecule has 1 aromatic heterocycles. The number of unbranched alkanes of at least 4 members (excludes halogenated alkanes) is 5. The van der Waals surface area contributed by atoms with E-state index in [-0.39, 0.29) is 17.2 Å². The van der Waals surface area contributed by atoms with E-state index in [2.05, 4.69) is 22.4 Å². The molecule has 100 valence electrons. The van der Waals surface area contributed by atoms with Gasteiger partial charge in [-0.1, -0.05) is 39.0 Å². The largest absolute Gasteiger partial charge is 0.351 e. The predicted molar refractivity (Wildman–Crippen MR) is 70.6 cm³/mol. The molecule has 2 N–H and O–H groups in total. The molecule has 18 heavy (non-hydrogen) atoms. The smallest absolute Gasteiger partial charge is 0.271 e. The molecule has 0 saturated heterocycles. The molecule has 1 heterocycles. The van der Waals surface area contributed by atoms with Crippen LogP contribution in [-0.2, 0) is 0 Å². The van der Waals surface area contributed by atoms with Gasteiger partial charge in [-0.25, -0.2) is 5.10 Å². The molecule has 0 spiro atoms. The Morgan fingerprint density at radius 1 is 1.22 bits per heavy atom. The van der Waals surface area contributed by atoms with Crippen molar-refractivity contribution in [3.05, 3.63) is 28.2 Å². The lowest BCUT2D eigenvalue weighted by Crippen LogP contribution is -2.26. The Bertz CT molecular complexity index is 394. The van der Waals surface area contributed by atoms with Crippen molar-refractivity contribution < 1.29 is 4.79 Å². The number of carbonyl (C=O) groups is 1. The van der Waals surface area contributed by atoms with Gasteiger partial charge in [-0.15, -0.1) is 0 Å². The number of amides is 1. The minimum absolute atomic E-state index is 0.236. The summed E-state index contributed by atoms with van der Waals surface area (Å²) in [5, 5.41) is 8.69. The fourth-order valence-corrected chi connectivity index (χ4v) is 1.67. The van der Waals surface area contributed by atoms with Gasteiger partial charge >= 0.3 is 0 Å². The SMILES string of the molecule is CCCCCCCCNC(=O)c1ccc(=O)[nH]n1. The van der Waals surface area contributed by atoms with E-state index in [0.717, 1.165) is 12.8 Å². The lowest BCUT2D eigenvalue weighted by Gasteiger charge is -2.04. The molecular formula is C13H21N3O2. The monoisotopic (exact) mass is 251 g/mol. The van der Waals surface area contributed by atoms with Crippen molar-refractivity contribution in [1.82, 2.24) is 15.5 Å². The van der Waals surface area contributed by atoms with Gasteiger partial charge in [-0.3, -0.25) is 9.59 Å². The van der Waals surface area contributed by atoms with Gasteiger partial charge in [-0.05, 0) is 12.5 Å². The molecule has 5 heteroatoms. The molecule has 1 amide bonds. The first-order valence-corrected chi connectivity index (χ1v) is 6.58. The molecule has 0 bridgehead atoms. The van der Waals surface area contributed by atoms with Crippen LogP contribution in [0.3, 0.4) is 0 Å².